The molecule has 2 aromatic rings. The number of methoxy groups -OCH3 is 2. The van der Waals surface area contributed by atoms with E-state index in [4.69, 9.17) is 9.47 Å². The Kier molecular flexibility index (Phi) is 5.38. The Morgan fingerprint density at radius 3 is 2.50 bits per heavy atom. The fourth-order valence-electron chi connectivity index (χ4n) is 3.63. The molecule has 2 heterocycles. The van der Waals surface area contributed by atoms with Gasteiger partial charge in [0.25, 0.3) is 5.91 Å². The normalized spacial score (nSPS) is 20.4. The molecule has 0 saturated carbocycles. The van der Waals surface area contributed by atoms with Crippen LogP contribution in [0.25, 0.3) is 10.9 Å². The average Bonchev–Trinajstić information content (AvgIpc) is 3.01. The first kappa shape index (κ1) is 20.2. The van der Waals surface area contributed by atoms with Crippen LogP contribution >= 0.6 is 0 Å². The van der Waals surface area contributed by atoms with E-state index in [2.05, 4.69) is 0 Å². The summed E-state index contributed by atoms with van der Waals surface area (Å²) in [6, 6.07) is 3.95. The van der Waals surface area contributed by atoms with E-state index in [1.165, 1.54) is 28.7 Å². The van der Waals surface area contributed by atoms with E-state index < -0.39 is 29.7 Å². The molecule has 1 fully saturated rings. The monoisotopic (exact) mass is 398 g/mol. The number of aryl methyl sites for hydroxylation is 1. The van der Waals surface area contributed by atoms with Crippen LogP contribution < -0.4 is 0 Å². The molecular formula is C19H21F3N2O4. The minimum Gasteiger partial charge on any atom is -0.467 e. The number of piperidine rings is 1. The number of alkyl halides is 3. The zero-order chi connectivity index (χ0) is 20.6. The number of fused-ring (bicyclic) bond motifs is 1. The van der Waals surface area contributed by atoms with Gasteiger partial charge in [-0.2, -0.15) is 13.2 Å². The van der Waals surface area contributed by atoms with Crippen molar-refractivity contribution in [3.8, 4) is 0 Å². The van der Waals surface area contributed by atoms with E-state index in [9.17, 15) is 22.8 Å². The summed E-state index contributed by atoms with van der Waals surface area (Å²) in [6.45, 7) is 0.284. The third-order valence-electron chi connectivity index (χ3n) is 5.21. The first-order chi connectivity index (χ1) is 13.2. The molecule has 0 spiro atoms. The topological polar surface area (TPSA) is 60.8 Å². The Labute approximate surface area is 159 Å². The highest BCUT2D eigenvalue weighted by Crippen LogP contribution is 2.33. The van der Waals surface area contributed by atoms with Gasteiger partial charge in [-0.05, 0) is 30.7 Å². The molecule has 28 heavy (non-hydrogen) atoms. The van der Waals surface area contributed by atoms with Gasteiger partial charge < -0.3 is 18.9 Å². The van der Waals surface area contributed by atoms with Crippen LogP contribution in [0.1, 0.15) is 28.9 Å². The van der Waals surface area contributed by atoms with E-state index >= 15 is 0 Å². The Morgan fingerprint density at radius 2 is 1.89 bits per heavy atom. The van der Waals surface area contributed by atoms with Gasteiger partial charge in [-0.25, -0.2) is 4.79 Å². The van der Waals surface area contributed by atoms with Gasteiger partial charge >= 0.3 is 12.1 Å². The Morgan fingerprint density at radius 1 is 1.18 bits per heavy atom. The molecule has 1 amide bonds. The summed E-state index contributed by atoms with van der Waals surface area (Å²) < 4.78 is 50.6. The molecule has 0 radical (unpaired) electrons. The van der Waals surface area contributed by atoms with E-state index in [1.807, 2.05) is 0 Å². The first-order valence-corrected chi connectivity index (χ1v) is 8.75. The summed E-state index contributed by atoms with van der Waals surface area (Å²) in [5.41, 5.74) is -0.0743. The highest BCUT2D eigenvalue weighted by Gasteiger charge is 2.38. The number of carbonyl (C=O) groups excluding carboxylic acids is 2. The number of amides is 1. The van der Waals surface area contributed by atoms with Crippen LogP contribution in [0.4, 0.5) is 13.2 Å². The van der Waals surface area contributed by atoms with Crippen molar-refractivity contribution in [2.45, 2.75) is 31.2 Å². The second-order valence-corrected chi connectivity index (χ2v) is 6.78. The number of hydrogen-bond donors (Lipinski definition) is 0. The minimum absolute atomic E-state index is 0.171. The molecule has 1 aliphatic rings. The maximum Gasteiger partial charge on any atom is 0.416 e. The van der Waals surface area contributed by atoms with Crippen molar-refractivity contribution in [3.05, 3.63) is 35.5 Å². The summed E-state index contributed by atoms with van der Waals surface area (Å²) >= 11 is 0. The smallest absolute Gasteiger partial charge is 0.416 e. The van der Waals surface area contributed by atoms with Crippen LogP contribution in [-0.4, -0.2) is 54.3 Å². The van der Waals surface area contributed by atoms with Gasteiger partial charge in [-0.3, -0.25) is 4.79 Å². The Balaban J connectivity index is 1.97. The number of esters is 1. The molecule has 2 atom stereocenters. The van der Waals surface area contributed by atoms with E-state index in [-0.39, 0.29) is 18.3 Å². The number of hydrogen-bond acceptors (Lipinski definition) is 4. The number of carbonyl (C=O) groups is 2. The van der Waals surface area contributed by atoms with Crippen molar-refractivity contribution in [1.29, 1.82) is 0 Å². The minimum atomic E-state index is -4.47. The van der Waals surface area contributed by atoms with Crippen LogP contribution in [0.5, 0.6) is 0 Å². The molecule has 1 aromatic carbocycles. The van der Waals surface area contributed by atoms with Gasteiger partial charge in [0.05, 0.1) is 18.8 Å². The number of benzene rings is 1. The molecule has 152 valence electrons. The average molecular weight is 398 g/mol. The van der Waals surface area contributed by atoms with Crippen molar-refractivity contribution in [3.63, 3.8) is 0 Å². The molecule has 1 saturated heterocycles. The number of likely N-dealkylation sites (tertiary alicyclic amines) is 1. The maximum absolute atomic E-state index is 13.1. The second-order valence-electron chi connectivity index (χ2n) is 6.78. The lowest BCUT2D eigenvalue weighted by Crippen LogP contribution is -2.52. The summed E-state index contributed by atoms with van der Waals surface area (Å²) in [6.07, 6.45) is -3.78. The number of aromatic nitrogens is 1. The van der Waals surface area contributed by atoms with Crippen LogP contribution in [0.15, 0.2) is 24.3 Å². The molecule has 9 heteroatoms. The molecule has 0 aliphatic carbocycles. The van der Waals surface area contributed by atoms with Crippen molar-refractivity contribution in [2.75, 3.05) is 20.8 Å². The molecule has 0 unspecified atom stereocenters. The standard InChI is InChI=1S/C19H21F3N2O4/c1-23-14-5-4-12(19(20,21)22)8-11(14)9-15(23)17(25)24-7-6-13(27-2)10-16(24)18(26)28-3/h4-5,8-9,13,16H,6-7,10H2,1-3H3/t13-,16-/m0/s1. The zero-order valence-electron chi connectivity index (χ0n) is 15.7. The van der Waals surface area contributed by atoms with Crippen LogP contribution in [-0.2, 0) is 27.5 Å². The highest BCUT2D eigenvalue weighted by molar-refractivity contribution is 6.00. The third kappa shape index (κ3) is 3.58. The number of nitrogens with zero attached hydrogens (tertiary/aromatic N) is 2. The van der Waals surface area contributed by atoms with Crippen LogP contribution in [0.2, 0.25) is 0 Å². The van der Waals surface area contributed by atoms with E-state index in [0.717, 1.165) is 12.1 Å². The number of halogens is 3. The van der Waals surface area contributed by atoms with Crippen LogP contribution in [0.3, 0.4) is 0 Å². The molecule has 0 N–H and O–H groups in total. The van der Waals surface area contributed by atoms with Crippen molar-refractivity contribution in [2.24, 2.45) is 7.05 Å². The lowest BCUT2D eigenvalue weighted by molar-refractivity contribution is -0.149. The van der Waals surface area contributed by atoms with Gasteiger partial charge in [0, 0.05) is 38.0 Å². The number of rotatable bonds is 3. The SMILES string of the molecule is COC(=O)[C@@H]1C[C@@H](OC)CCN1C(=O)c1cc2cc(C(F)(F)F)ccc2n1C. The summed E-state index contributed by atoms with van der Waals surface area (Å²) in [7, 11) is 4.40. The lowest BCUT2D eigenvalue weighted by Gasteiger charge is -2.37. The van der Waals surface area contributed by atoms with Gasteiger partial charge in [0.2, 0.25) is 0 Å². The fourth-order valence-corrected chi connectivity index (χ4v) is 3.63. The second kappa shape index (κ2) is 7.46. The highest BCUT2D eigenvalue weighted by atomic mass is 19.4. The van der Waals surface area contributed by atoms with Gasteiger partial charge in [0.15, 0.2) is 0 Å². The summed E-state index contributed by atoms with van der Waals surface area (Å²) in [5, 5.41) is 0.307. The van der Waals surface area contributed by atoms with E-state index in [1.54, 1.807) is 14.2 Å². The van der Waals surface area contributed by atoms with Crippen molar-refractivity contribution < 1.29 is 32.2 Å². The van der Waals surface area contributed by atoms with Crippen molar-refractivity contribution in [1.82, 2.24) is 9.47 Å². The molecule has 1 aliphatic heterocycles. The molecular weight excluding hydrogens is 377 g/mol. The molecule has 6 nitrogen and oxygen atoms in total. The first-order valence-electron chi connectivity index (χ1n) is 8.75. The summed E-state index contributed by atoms with van der Waals surface area (Å²) in [5.74, 6) is -0.981. The van der Waals surface area contributed by atoms with Crippen molar-refractivity contribution >= 4 is 22.8 Å². The molecule has 0 bridgehead atoms. The summed E-state index contributed by atoms with van der Waals surface area (Å²) in [4.78, 5) is 26.7. The quantitative estimate of drug-likeness (QED) is 0.746. The number of ether oxygens (including phenoxy) is 2. The third-order valence-corrected chi connectivity index (χ3v) is 5.21. The van der Waals surface area contributed by atoms with Gasteiger partial charge in [-0.15, -0.1) is 0 Å². The Hall–Kier alpha value is -2.55. The zero-order valence-corrected chi connectivity index (χ0v) is 15.7. The molecule has 1 aromatic heterocycles. The van der Waals surface area contributed by atoms with E-state index in [0.29, 0.717) is 23.7 Å². The maximum atomic E-state index is 13.1. The van der Waals surface area contributed by atoms with Gasteiger partial charge in [0.1, 0.15) is 11.7 Å². The largest absolute Gasteiger partial charge is 0.467 e. The Bertz CT molecular complexity index is 906. The predicted octanol–water partition coefficient (Wildman–Crippen LogP) is 2.99. The fraction of sp³-hybridized carbons (Fsp3) is 0.474. The predicted molar refractivity (Wildman–Crippen MR) is 94.8 cm³/mol. The molecule has 3 rings (SSSR count). The van der Waals surface area contributed by atoms with Gasteiger partial charge in [-0.1, -0.05) is 0 Å². The van der Waals surface area contributed by atoms with Crippen LogP contribution in [0, 0.1) is 0 Å². The lowest BCUT2D eigenvalue weighted by atomic mass is 9.98.